The molecule has 0 unspecified atom stereocenters. The summed E-state index contributed by atoms with van der Waals surface area (Å²) in [6, 6.07) is 11.9. The first-order valence-electron chi connectivity index (χ1n) is 10.4. The van der Waals surface area contributed by atoms with Gasteiger partial charge in [0.15, 0.2) is 0 Å². The maximum absolute atomic E-state index is 13.0. The average molecular weight is 467 g/mol. The minimum absolute atomic E-state index is 0.0104. The van der Waals surface area contributed by atoms with Crippen molar-refractivity contribution in [2.45, 2.75) is 19.1 Å². The molecule has 1 aromatic heterocycles. The molecule has 10 heteroatoms. The number of hydrogen-bond donors (Lipinski definition) is 2. The summed E-state index contributed by atoms with van der Waals surface area (Å²) in [5, 5.41) is 5.61. The average Bonchev–Trinajstić information content (AvgIpc) is 2.83. The molecule has 1 aliphatic rings. The number of aromatic nitrogens is 2. The van der Waals surface area contributed by atoms with Gasteiger partial charge in [0.2, 0.25) is 11.9 Å². The Morgan fingerprint density at radius 1 is 1.09 bits per heavy atom. The van der Waals surface area contributed by atoms with Gasteiger partial charge in [-0.05, 0) is 60.0 Å². The van der Waals surface area contributed by atoms with Crippen molar-refractivity contribution < 1.29 is 22.8 Å². The van der Waals surface area contributed by atoms with E-state index in [1.807, 2.05) is 18.2 Å². The fraction of sp³-hybridized carbons (Fsp3) is 0.167. The topological polar surface area (TPSA) is 87.2 Å². The number of halogens is 3. The second-order valence-corrected chi connectivity index (χ2v) is 7.58. The number of carbonyl (C=O) groups is 2. The summed E-state index contributed by atoms with van der Waals surface area (Å²) < 4.78 is 38.4. The van der Waals surface area contributed by atoms with Crippen molar-refractivity contribution in [3.8, 4) is 0 Å². The number of benzene rings is 2. The van der Waals surface area contributed by atoms with Crippen LogP contribution in [-0.4, -0.2) is 33.2 Å². The van der Waals surface area contributed by atoms with Crippen LogP contribution in [-0.2, 0) is 23.9 Å². The number of hydrogen-bond acceptors (Lipinski definition) is 5. The third-order valence-electron chi connectivity index (χ3n) is 5.34. The molecule has 2 amide bonds. The normalized spacial score (nSPS) is 13.1. The van der Waals surface area contributed by atoms with Crippen molar-refractivity contribution in [2.24, 2.45) is 0 Å². The maximum atomic E-state index is 13.0. The van der Waals surface area contributed by atoms with Crippen LogP contribution < -0.4 is 10.6 Å². The van der Waals surface area contributed by atoms with Crippen molar-refractivity contribution in [3.63, 3.8) is 0 Å². The lowest BCUT2D eigenvalue weighted by Gasteiger charge is -2.30. The molecule has 0 aliphatic carbocycles. The van der Waals surface area contributed by atoms with E-state index in [9.17, 15) is 22.8 Å². The molecule has 2 aromatic carbocycles. The van der Waals surface area contributed by atoms with Crippen LogP contribution in [0.4, 0.5) is 30.5 Å². The van der Waals surface area contributed by atoms with Gasteiger partial charge < -0.3 is 10.2 Å². The molecule has 1 aliphatic heterocycles. The van der Waals surface area contributed by atoms with E-state index in [4.69, 9.17) is 0 Å². The van der Waals surface area contributed by atoms with Crippen molar-refractivity contribution in [1.29, 1.82) is 0 Å². The van der Waals surface area contributed by atoms with Crippen LogP contribution in [0.2, 0.25) is 0 Å². The first-order valence-corrected chi connectivity index (χ1v) is 10.4. The fourth-order valence-electron chi connectivity index (χ4n) is 3.66. The van der Waals surface area contributed by atoms with Crippen molar-refractivity contribution in [1.82, 2.24) is 14.9 Å². The molecule has 2 heterocycles. The Labute approximate surface area is 193 Å². The third kappa shape index (κ3) is 5.06. The van der Waals surface area contributed by atoms with Gasteiger partial charge in [0, 0.05) is 30.7 Å². The van der Waals surface area contributed by atoms with Gasteiger partial charge in [-0.2, -0.15) is 13.2 Å². The summed E-state index contributed by atoms with van der Waals surface area (Å²) in [6.45, 7) is 4.13. The van der Waals surface area contributed by atoms with Gasteiger partial charge in [-0.15, -0.1) is 0 Å². The van der Waals surface area contributed by atoms with Gasteiger partial charge in [-0.3, -0.25) is 14.9 Å². The molecule has 0 spiro atoms. The van der Waals surface area contributed by atoms with Crippen LogP contribution in [0.5, 0.6) is 0 Å². The zero-order valence-corrected chi connectivity index (χ0v) is 17.9. The predicted octanol–water partition coefficient (Wildman–Crippen LogP) is 4.56. The molecule has 174 valence electrons. The Kier molecular flexibility index (Phi) is 6.31. The van der Waals surface area contributed by atoms with Crippen molar-refractivity contribution >= 4 is 29.1 Å². The smallest absolute Gasteiger partial charge is 0.355 e. The summed E-state index contributed by atoms with van der Waals surface area (Å²) in [7, 11) is 0. The number of anilines is 3. The highest BCUT2D eigenvalue weighted by atomic mass is 19.4. The molecule has 2 N–H and O–H groups in total. The summed E-state index contributed by atoms with van der Waals surface area (Å²) >= 11 is 0. The molecule has 0 saturated heterocycles. The summed E-state index contributed by atoms with van der Waals surface area (Å²) in [5.74, 6) is -0.774. The number of carbonyl (C=O) groups excluding carboxylic acids is 2. The van der Waals surface area contributed by atoms with Crippen LogP contribution in [0.25, 0.3) is 0 Å². The lowest BCUT2D eigenvalue weighted by atomic mass is 9.97. The van der Waals surface area contributed by atoms with E-state index in [-0.39, 0.29) is 17.5 Å². The zero-order valence-electron chi connectivity index (χ0n) is 17.9. The molecular formula is C24H20F3N5O2. The molecule has 0 fully saturated rings. The van der Waals surface area contributed by atoms with E-state index >= 15 is 0 Å². The quantitative estimate of drug-likeness (QED) is 0.537. The highest BCUT2D eigenvalue weighted by molar-refractivity contribution is 5.98. The summed E-state index contributed by atoms with van der Waals surface area (Å²) in [6.07, 6.45) is -1.36. The van der Waals surface area contributed by atoms with E-state index in [1.165, 1.54) is 24.4 Å². The van der Waals surface area contributed by atoms with E-state index < -0.39 is 17.6 Å². The number of fused-ring (bicyclic) bond motifs is 1. The number of rotatable bonds is 5. The second kappa shape index (κ2) is 9.34. The third-order valence-corrected chi connectivity index (χ3v) is 5.34. The van der Waals surface area contributed by atoms with Gasteiger partial charge in [0.1, 0.15) is 5.69 Å². The number of alkyl halides is 3. The lowest BCUT2D eigenvalue weighted by Crippen LogP contribution is -2.36. The number of amides is 2. The van der Waals surface area contributed by atoms with E-state index in [0.717, 1.165) is 35.0 Å². The minimum Gasteiger partial charge on any atom is -0.355 e. The molecule has 3 aromatic rings. The predicted molar refractivity (Wildman–Crippen MR) is 120 cm³/mol. The maximum Gasteiger partial charge on any atom is 0.416 e. The highest BCUT2D eigenvalue weighted by Gasteiger charge is 2.30. The molecule has 34 heavy (non-hydrogen) atoms. The van der Waals surface area contributed by atoms with Gasteiger partial charge in [-0.1, -0.05) is 18.7 Å². The fourth-order valence-corrected chi connectivity index (χ4v) is 3.66. The van der Waals surface area contributed by atoms with Crippen LogP contribution in [0.3, 0.4) is 0 Å². The molecule has 4 rings (SSSR count). The molecular weight excluding hydrogens is 447 g/mol. The summed E-state index contributed by atoms with van der Waals surface area (Å²) in [5.41, 5.74) is 2.67. The first kappa shape index (κ1) is 23.0. The number of nitrogens with zero attached hydrogens (tertiary/aromatic N) is 3. The Hall–Kier alpha value is -4.21. The van der Waals surface area contributed by atoms with Gasteiger partial charge in [0.05, 0.1) is 5.56 Å². The lowest BCUT2D eigenvalue weighted by molar-refractivity contribution is -0.137. The minimum atomic E-state index is -4.39. The van der Waals surface area contributed by atoms with E-state index in [1.54, 1.807) is 4.90 Å². The van der Waals surface area contributed by atoms with E-state index in [2.05, 4.69) is 27.2 Å². The molecule has 0 radical (unpaired) electrons. The molecule has 0 bridgehead atoms. The van der Waals surface area contributed by atoms with Crippen molar-refractivity contribution in [2.75, 3.05) is 17.2 Å². The highest BCUT2D eigenvalue weighted by Crippen LogP contribution is 2.32. The molecule has 7 nitrogen and oxygen atoms in total. The van der Waals surface area contributed by atoms with Crippen LogP contribution >= 0.6 is 0 Å². The monoisotopic (exact) mass is 467 g/mol. The Morgan fingerprint density at radius 3 is 2.56 bits per heavy atom. The Balaban J connectivity index is 1.49. The largest absolute Gasteiger partial charge is 0.416 e. The van der Waals surface area contributed by atoms with Gasteiger partial charge in [0.25, 0.3) is 5.91 Å². The van der Waals surface area contributed by atoms with Crippen LogP contribution in [0, 0.1) is 0 Å². The van der Waals surface area contributed by atoms with Gasteiger partial charge >= 0.3 is 6.18 Å². The summed E-state index contributed by atoms with van der Waals surface area (Å²) in [4.78, 5) is 34.2. The molecule has 0 atom stereocenters. The Bertz CT molecular complexity index is 1240. The van der Waals surface area contributed by atoms with Crippen molar-refractivity contribution in [3.05, 3.63) is 89.8 Å². The first-order chi connectivity index (χ1) is 16.2. The molecule has 0 saturated carbocycles. The second-order valence-electron chi connectivity index (χ2n) is 7.58. The van der Waals surface area contributed by atoms with Crippen LogP contribution in [0.1, 0.15) is 27.2 Å². The van der Waals surface area contributed by atoms with E-state index in [0.29, 0.717) is 25.2 Å². The number of nitrogens with one attached hydrogen (secondary N) is 2. The zero-order chi connectivity index (χ0) is 24.3. The van der Waals surface area contributed by atoms with Gasteiger partial charge in [-0.25, -0.2) is 9.97 Å². The Morgan fingerprint density at radius 2 is 1.85 bits per heavy atom. The van der Waals surface area contributed by atoms with Crippen LogP contribution in [0.15, 0.2) is 67.4 Å². The SMILES string of the molecule is C=CC(=O)Nc1nccc(C(=O)N2CCc3c(cccc3Nc3ccc(C(F)(F)F)cc3)C2)n1. The standard InChI is InChI=1S/C24H20F3N5O2/c1-2-21(33)31-23-28-12-10-20(30-23)22(34)32-13-11-18-15(14-32)4-3-5-19(18)29-17-8-6-16(7-9-17)24(25,26)27/h2-10,12,29H,1,11,13-14H2,(H,28,30,31,33).